The van der Waals surface area contributed by atoms with Crippen molar-refractivity contribution >= 4 is 0 Å². The maximum Gasteiger partial charge on any atom is 0.231 e. The Labute approximate surface area is 187 Å². The SMILES string of the molecule is CC(C)[C@H]1CC[C@H](C)[C@@H](OC[C@H](O)C[NH+]2CC[NH+](Cc3ccc4c(c3)OCO4)CC2)C1. The van der Waals surface area contributed by atoms with Crippen molar-refractivity contribution in [2.45, 2.75) is 58.8 Å². The van der Waals surface area contributed by atoms with Crippen molar-refractivity contribution < 1.29 is 29.1 Å². The van der Waals surface area contributed by atoms with Gasteiger partial charge in [0.25, 0.3) is 0 Å². The number of ether oxygens (including phenoxy) is 3. The molecule has 3 N–H and O–H groups in total. The highest BCUT2D eigenvalue weighted by Gasteiger charge is 2.31. The number of rotatable bonds is 8. The van der Waals surface area contributed by atoms with Crippen molar-refractivity contribution in [2.75, 3.05) is 46.1 Å². The lowest BCUT2D eigenvalue weighted by molar-refractivity contribution is -1.02. The first-order valence-electron chi connectivity index (χ1n) is 12.3. The van der Waals surface area contributed by atoms with Crippen LogP contribution in [0, 0.1) is 17.8 Å². The van der Waals surface area contributed by atoms with Gasteiger partial charge in [-0.25, -0.2) is 0 Å². The summed E-state index contributed by atoms with van der Waals surface area (Å²) in [6.07, 6.45) is 3.68. The van der Waals surface area contributed by atoms with Crippen LogP contribution in [0.4, 0.5) is 0 Å². The van der Waals surface area contributed by atoms with Gasteiger partial charge in [0.15, 0.2) is 11.5 Å². The number of fused-ring (bicyclic) bond motifs is 1. The summed E-state index contributed by atoms with van der Waals surface area (Å²) in [5.41, 5.74) is 1.30. The van der Waals surface area contributed by atoms with E-state index in [0.717, 1.165) is 69.0 Å². The van der Waals surface area contributed by atoms with Gasteiger partial charge < -0.3 is 29.1 Å². The van der Waals surface area contributed by atoms with Gasteiger partial charge in [-0.05, 0) is 55.2 Å². The zero-order valence-electron chi connectivity index (χ0n) is 19.6. The molecule has 2 aliphatic heterocycles. The monoisotopic (exact) mass is 434 g/mol. The number of aliphatic hydroxyl groups is 1. The van der Waals surface area contributed by atoms with Gasteiger partial charge in [-0.2, -0.15) is 0 Å². The van der Waals surface area contributed by atoms with E-state index in [1.807, 2.05) is 6.07 Å². The highest BCUT2D eigenvalue weighted by atomic mass is 16.7. The predicted molar refractivity (Wildman–Crippen MR) is 120 cm³/mol. The first kappa shape index (κ1) is 22.8. The maximum absolute atomic E-state index is 10.6. The number of benzene rings is 1. The zero-order valence-corrected chi connectivity index (χ0v) is 19.6. The third-order valence-electron chi connectivity index (χ3n) is 7.69. The number of hydrogen-bond donors (Lipinski definition) is 3. The normalized spacial score (nSPS) is 31.7. The summed E-state index contributed by atoms with van der Waals surface area (Å²) in [5, 5.41) is 10.6. The van der Waals surface area contributed by atoms with Gasteiger partial charge in [0.2, 0.25) is 6.79 Å². The van der Waals surface area contributed by atoms with Crippen molar-refractivity contribution in [3.05, 3.63) is 23.8 Å². The lowest BCUT2D eigenvalue weighted by atomic mass is 9.76. The number of nitrogens with one attached hydrogen (secondary N) is 2. The quantitative estimate of drug-likeness (QED) is 0.559. The lowest BCUT2D eigenvalue weighted by Gasteiger charge is -2.36. The number of piperazine rings is 1. The molecule has 0 amide bonds. The Bertz CT molecular complexity index is 705. The van der Waals surface area contributed by atoms with Gasteiger partial charge in [0, 0.05) is 5.56 Å². The molecule has 1 saturated carbocycles. The number of aliphatic hydroxyl groups excluding tert-OH is 1. The summed E-state index contributed by atoms with van der Waals surface area (Å²) in [5.74, 6) is 3.83. The smallest absolute Gasteiger partial charge is 0.231 e. The van der Waals surface area contributed by atoms with Crippen LogP contribution in [0.2, 0.25) is 0 Å². The predicted octanol–water partition coefficient (Wildman–Crippen LogP) is 0.537. The first-order valence-corrected chi connectivity index (χ1v) is 12.3. The van der Waals surface area contributed by atoms with E-state index in [4.69, 9.17) is 14.2 Å². The minimum atomic E-state index is -0.364. The summed E-state index contributed by atoms with van der Waals surface area (Å²) in [7, 11) is 0. The molecule has 0 aromatic heterocycles. The van der Waals surface area contributed by atoms with Crippen LogP contribution < -0.4 is 19.3 Å². The molecule has 2 fully saturated rings. The lowest BCUT2D eigenvalue weighted by Crippen LogP contribution is -3.28. The molecule has 1 aliphatic carbocycles. The Morgan fingerprint density at radius 2 is 1.81 bits per heavy atom. The molecule has 0 unspecified atom stereocenters. The summed E-state index contributed by atoms with van der Waals surface area (Å²) >= 11 is 0. The first-order chi connectivity index (χ1) is 15.0. The molecule has 0 bridgehead atoms. The Balaban J connectivity index is 1.16. The Morgan fingerprint density at radius 1 is 1.06 bits per heavy atom. The molecule has 4 rings (SSSR count). The molecule has 6 heteroatoms. The van der Waals surface area contributed by atoms with Gasteiger partial charge in [-0.1, -0.05) is 20.8 Å². The summed E-state index contributed by atoms with van der Waals surface area (Å²) in [6.45, 7) is 14.1. The van der Waals surface area contributed by atoms with E-state index in [0.29, 0.717) is 25.4 Å². The summed E-state index contributed by atoms with van der Waals surface area (Å²) in [4.78, 5) is 3.10. The van der Waals surface area contributed by atoms with Gasteiger partial charge in [-0.15, -0.1) is 0 Å². The Morgan fingerprint density at radius 3 is 2.58 bits per heavy atom. The summed E-state index contributed by atoms with van der Waals surface area (Å²) in [6, 6.07) is 6.29. The second kappa shape index (κ2) is 10.5. The molecule has 0 spiro atoms. The van der Waals surface area contributed by atoms with Crippen LogP contribution >= 0.6 is 0 Å². The van der Waals surface area contributed by atoms with E-state index in [-0.39, 0.29) is 6.10 Å². The second-order valence-corrected chi connectivity index (χ2v) is 10.4. The summed E-state index contributed by atoms with van der Waals surface area (Å²) < 4.78 is 17.1. The molecule has 174 valence electrons. The van der Waals surface area contributed by atoms with Crippen LogP contribution in [0.15, 0.2) is 18.2 Å². The minimum Gasteiger partial charge on any atom is -0.454 e. The average molecular weight is 435 g/mol. The molecule has 1 saturated heterocycles. The van der Waals surface area contributed by atoms with Gasteiger partial charge >= 0.3 is 0 Å². The van der Waals surface area contributed by atoms with E-state index >= 15 is 0 Å². The average Bonchev–Trinajstić information content (AvgIpc) is 3.22. The molecule has 4 atom stereocenters. The van der Waals surface area contributed by atoms with Crippen LogP contribution in [0.5, 0.6) is 11.5 Å². The van der Waals surface area contributed by atoms with Gasteiger partial charge in [0.1, 0.15) is 45.4 Å². The van der Waals surface area contributed by atoms with E-state index < -0.39 is 0 Å². The van der Waals surface area contributed by atoms with Gasteiger partial charge in [0.05, 0.1) is 12.7 Å². The molecular weight excluding hydrogens is 392 g/mol. The topological polar surface area (TPSA) is 56.8 Å². The zero-order chi connectivity index (χ0) is 21.8. The minimum absolute atomic E-state index is 0.314. The van der Waals surface area contributed by atoms with Crippen molar-refractivity contribution in [2.24, 2.45) is 17.8 Å². The van der Waals surface area contributed by atoms with E-state index in [2.05, 4.69) is 32.9 Å². The van der Waals surface area contributed by atoms with Crippen LogP contribution in [-0.4, -0.2) is 63.4 Å². The fourth-order valence-corrected chi connectivity index (χ4v) is 5.45. The molecular formula is C25H42N2O4+2. The van der Waals surface area contributed by atoms with Crippen molar-refractivity contribution in [3.8, 4) is 11.5 Å². The molecule has 31 heavy (non-hydrogen) atoms. The molecule has 1 aromatic carbocycles. The Kier molecular flexibility index (Phi) is 7.75. The van der Waals surface area contributed by atoms with E-state index in [1.165, 1.54) is 23.3 Å². The molecule has 6 nitrogen and oxygen atoms in total. The largest absolute Gasteiger partial charge is 0.454 e. The van der Waals surface area contributed by atoms with E-state index in [9.17, 15) is 5.11 Å². The number of quaternary nitrogens is 2. The van der Waals surface area contributed by atoms with Crippen LogP contribution in [0.25, 0.3) is 0 Å². The molecule has 2 heterocycles. The highest BCUT2D eigenvalue weighted by molar-refractivity contribution is 5.44. The van der Waals surface area contributed by atoms with Crippen molar-refractivity contribution in [3.63, 3.8) is 0 Å². The highest BCUT2D eigenvalue weighted by Crippen LogP contribution is 2.35. The van der Waals surface area contributed by atoms with Crippen LogP contribution in [0.1, 0.15) is 45.6 Å². The fraction of sp³-hybridized carbons (Fsp3) is 0.760. The third kappa shape index (κ3) is 6.13. The number of hydrogen-bond acceptors (Lipinski definition) is 4. The fourth-order valence-electron chi connectivity index (χ4n) is 5.45. The maximum atomic E-state index is 10.6. The second-order valence-electron chi connectivity index (χ2n) is 10.4. The van der Waals surface area contributed by atoms with Crippen molar-refractivity contribution in [1.82, 2.24) is 0 Å². The van der Waals surface area contributed by atoms with E-state index in [1.54, 1.807) is 4.90 Å². The molecule has 1 aromatic rings. The van der Waals surface area contributed by atoms with Crippen LogP contribution in [0.3, 0.4) is 0 Å². The molecule has 3 aliphatic rings. The van der Waals surface area contributed by atoms with Crippen molar-refractivity contribution in [1.29, 1.82) is 0 Å². The third-order valence-corrected chi connectivity index (χ3v) is 7.69. The standard InChI is InChI=1S/C25H40N2O4/c1-18(2)21-6-4-19(3)24(13-21)29-16-22(28)15-27-10-8-26(9-11-27)14-20-5-7-23-25(12-20)31-17-30-23/h5,7,12,18-19,21-22,24,28H,4,6,8-11,13-17H2,1-3H3/p+2/t19-,21-,22+,24-/m0/s1. The molecule has 0 radical (unpaired) electrons. The van der Waals surface area contributed by atoms with Gasteiger partial charge in [-0.3, -0.25) is 0 Å². The van der Waals surface area contributed by atoms with Crippen LogP contribution in [-0.2, 0) is 11.3 Å². The Hall–Kier alpha value is -1.34.